The summed E-state index contributed by atoms with van der Waals surface area (Å²) in [6, 6.07) is 8.10. The Morgan fingerprint density at radius 3 is 2.68 bits per heavy atom. The Morgan fingerprint density at radius 1 is 1.37 bits per heavy atom. The Kier molecular flexibility index (Phi) is 6.30. The number of allylic oxidation sites excluding steroid dienone is 1. The van der Waals surface area contributed by atoms with Gasteiger partial charge in [0.15, 0.2) is 0 Å². The molecule has 0 unspecified atom stereocenters. The molecule has 0 saturated heterocycles. The highest BCUT2D eigenvalue weighted by Crippen LogP contribution is 2.12. The number of amides is 1. The number of aryl methyl sites for hydroxylation is 1. The van der Waals surface area contributed by atoms with Gasteiger partial charge in [-0.15, -0.1) is 6.58 Å². The van der Waals surface area contributed by atoms with Crippen molar-refractivity contribution in [2.45, 2.75) is 39.7 Å². The monoisotopic (exact) mass is 260 g/mol. The van der Waals surface area contributed by atoms with E-state index < -0.39 is 0 Å². The van der Waals surface area contributed by atoms with Gasteiger partial charge in [-0.3, -0.25) is 4.79 Å². The Labute approximate surface area is 116 Å². The Balaban J connectivity index is 2.32. The smallest absolute Gasteiger partial charge is 0.238 e. The minimum absolute atomic E-state index is 0.00326. The average molecular weight is 260 g/mol. The van der Waals surface area contributed by atoms with Crippen LogP contribution >= 0.6 is 0 Å². The van der Waals surface area contributed by atoms with Gasteiger partial charge in [-0.25, -0.2) is 0 Å². The van der Waals surface area contributed by atoms with E-state index in [0.717, 1.165) is 24.1 Å². The number of hydrogen-bond donors (Lipinski definition) is 2. The standard InChI is InChI=1S/C16H24N2O/c1-12(2)9-10-14(4)17-11-16(19)18-15-8-6-5-7-13(15)3/h5-8,14,17H,1,9-11H2,2-4H3,(H,18,19)/t14-/m0/s1. The summed E-state index contributed by atoms with van der Waals surface area (Å²) in [5.74, 6) is -0.00326. The summed E-state index contributed by atoms with van der Waals surface area (Å²) in [4.78, 5) is 11.8. The van der Waals surface area contributed by atoms with Crippen molar-refractivity contribution in [1.82, 2.24) is 5.32 Å². The molecule has 104 valence electrons. The number of carbonyl (C=O) groups is 1. The van der Waals surface area contributed by atoms with Crippen LogP contribution in [-0.2, 0) is 4.79 Å². The van der Waals surface area contributed by atoms with Crippen LogP contribution in [0.2, 0.25) is 0 Å². The van der Waals surface area contributed by atoms with E-state index in [0.29, 0.717) is 12.6 Å². The minimum atomic E-state index is -0.00326. The van der Waals surface area contributed by atoms with Crippen molar-refractivity contribution in [3.8, 4) is 0 Å². The molecule has 1 amide bonds. The Bertz CT molecular complexity index is 440. The first-order valence-corrected chi connectivity index (χ1v) is 6.72. The van der Waals surface area contributed by atoms with Crippen molar-refractivity contribution in [2.75, 3.05) is 11.9 Å². The first kappa shape index (κ1) is 15.4. The zero-order chi connectivity index (χ0) is 14.3. The largest absolute Gasteiger partial charge is 0.325 e. The van der Waals surface area contributed by atoms with E-state index in [4.69, 9.17) is 0 Å². The lowest BCUT2D eigenvalue weighted by Crippen LogP contribution is -2.34. The van der Waals surface area contributed by atoms with Crippen LogP contribution in [-0.4, -0.2) is 18.5 Å². The first-order valence-electron chi connectivity index (χ1n) is 6.72. The fraction of sp³-hybridized carbons (Fsp3) is 0.438. The van der Waals surface area contributed by atoms with Crippen molar-refractivity contribution >= 4 is 11.6 Å². The van der Waals surface area contributed by atoms with E-state index in [-0.39, 0.29) is 5.91 Å². The highest BCUT2D eigenvalue weighted by atomic mass is 16.1. The Hall–Kier alpha value is -1.61. The predicted octanol–water partition coefficient (Wildman–Crippen LogP) is 3.27. The number of nitrogens with one attached hydrogen (secondary N) is 2. The van der Waals surface area contributed by atoms with E-state index >= 15 is 0 Å². The molecule has 3 nitrogen and oxygen atoms in total. The zero-order valence-corrected chi connectivity index (χ0v) is 12.1. The van der Waals surface area contributed by atoms with Crippen LogP contribution in [0.5, 0.6) is 0 Å². The van der Waals surface area contributed by atoms with E-state index in [1.54, 1.807) is 0 Å². The maximum absolute atomic E-state index is 11.8. The van der Waals surface area contributed by atoms with Crippen LogP contribution in [0.4, 0.5) is 5.69 Å². The number of carbonyl (C=O) groups excluding carboxylic acids is 1. The van der Waals surface area contributed by atoms with E-state index in [2.05, 4.69) is 24.1 Å². The van der Waals surface area contributed by atoms with E-state index in [9.17, 15) is 4.79 Å². The molecule has 2 N–H and O–H groups in total. The Morgan fingerprint density at radius 2 is 2.05 bits per heavy atom. The fourth-order valence-corrected chi connectivity index (χ4v) is 1.74. The van der Waals surface area contributed by atoms with Gasteiger partial charge in [0.05, 0.1) is 6.54 Å². The van der Waals surface area contributed by atoms with Gasteiger partial charge in [-0.05, 0) is 45.2 Å². The third-order valence-corrected chi connectivity index (χ3v) is 3.03. The van der Waals surface area contributed by atoms with E-state index in [1.807, 2.05) is 38.1 Å². The molecule has 0 aliphatic heterocycles. The normalized spacial score (nSPS) is 11.9. The zero-order valence-electron chi connectivity index (χ0n) is 12.1. The summed E-state index contributed by atoms with van der Waals surface area (Å²) < 4.78 is 0. The second-order valence-corrected chi connectivity index (χ2v) is 5.14. The number of para-hydroxylation sites is 1. The number of benzene rings is 1. The second-order valence-electron chi connectivity index (χ2n) is 5.14. The van der Waals surface area contributed by atoms with Crippen LogP contribution in [0.1, 0.15) is 32.3 Å². The van der Waals surface area contributed by atoms with Gasteiger partial charge in [0.25, 0.3) is 0 Å². The summed E-state index contributed by atoms with van der Waals surface area (Å²) in [5.41, 5.74) is 3.13. The maximum Gasteiger partial charge on any atom is 0.238 e. The van der Waals surface area contributed by atoms with Crippen molar-refractivity contribution < 1.29 is 4.79 Å². The molecular formula is C16H24N2O. The molecule has 1 aromatic carbocycles. The quantitative estimate of drug-likeness (QED) is 0.739. The summed E-state index contributed by atoms with van der Waals surface area (Å²) in [7, 11) is 0. The van der Waals surface area contributed by atoms with Gasteiger partial charge in [0.2, 0.25) is 5.91 Å². The second kappa shape index (κ2) is 7.74. The van der Waals surface area contributed by atoms with Crippen molar-refractivity contribution in [2.24, 2.45) is 0 Å². The van der Waals surface area contributed by atoms with Crippen LogP contribution in [0.3, 0.4) is 0 Å². The summed E-state index contributed by atoms with van der Waals surface area (Å²) >= 11 is 0. The highest BCUT2D eigenvalue weighted by molar-refractivity contribution is 5.92. The van der Waals surface area contributed by atoms with E-state index in [1.165, 1.54) is 5.57 Å². The molecule has 0 bridgehead atoms. The lowest BCUT2D eigenvalue weighted by Gasteiger charge is -2.14. The third-order valence-electron chi connectivity index (χ3n) is 3.03. The maximum atomic E-state index is 11.8. The van der Waals surface area contributed by atoms with Crippen molar-refractivity contribution in [3.63, 3.8) is 0 Å². The SMILES string of the molecule is C=C(C)CC[C@H](C)NCC(=O)Nc1ccccc1C. The molecule has 3 heteroatoms. The van der Waals surface area contributed by atoms with Crippen LogP contribution in [0, 0.1) is 6.92 Å². The molecule has 0 saturated carbocycles. The van der Waals surface area contributed by atoms with Crippen molar-refractivity contribution in [3.05, 3.63) is 42.0 Å². The lowest BCUT2D eigenvalue weighted by atomic mass is 10.1. The number of hydrogen-bond acceptors (Lipinski definition) is 2. The summed E-state index contributed by atoms with van der Waals surface area (Å²) in [5, 5.41) is 6.14. The van der Waals surface area contributed by atoms with Gasteiger partial charge in [-0.2, -0.15) is 0 Å². The highest BCUT2D eigenvalue weighted by Gasteiger charge is 2.07. The number of anilines is 1. The first-order chi connectivity index (χ1) is 8.99. The molecule has 0 fully saturated rings. The average Bonchev–Trinajstić information content (AvgIpc) is 2.36. The number of rotatable bonds is 7. The minimum Gasteiger partial charge on any atom is -0.325 e. The van der Waals surface area contributed by atoms with Gasteiger partial charge in [-0.1, -0.05) is 23.8 Å². The van der Waals surface area contributed by atoms with Gasteiger partial charge in [0.1, 0.15) is 0 Å². The fourth-order valence-electron chi connectivity index (χ4n) is 1.74. The molecule has 0 spiro atoms. The molecule has 1 aromatic rings. The molecule has 0 radical (unpaired) electrons. The molecule has 1 atom stereocenters. The van der Waals surface area contributed by atoms with Crippen LogP contribution in [0.15, 0.2) is 36.4 Å². The topological polar surface area (TPSA) is 41.1 Å². The molecule has 0 aromatic heterocycles. The molecule has 0 aliphatic carbocycles. The van der Waals surface area contributed by atoms with Crippen LogP contribution in [0.25, 0.3) is 0 Å². The van der Waals surface area contributed by atoms with Crippen molar-refractivity contribution in [1.29, 1.82) is 0 Å². The molecular weight excluding hydrogens is 236 g/mol. The van der Waals surface area contributed by atoms with Gasteiger partial charge in [0, 0.05) is 11.7 Å². The lowest BCUT2D eigenvalue weighted by molar-refractivity contribution is -0.115. The molecule has 1 rings (SSSR count). The van der Waals surface area contributed by atoms with Crippen LogP contribution < -0.4 is 10.6 Å². The molecule has 0 aliphatic rings. The summed E-state index contributed by atoms with van der Waals surface area (Å²) in [6.45, 7) is 10.3. The third kappa shape index (κ3) is 6.20. The molecule has 19 heavy (non-hydrogen) atoms. The van der Waals surface area contributed by atoms with Gasteiger partial charge >= 0.3 is 0 Å². The summed E-state index contributed by atoms with van der Waals surface area (Å²) in [6.07, 6.45) is 2.00. The van der Waals surface area contributed by atoms with Gasteiger partial charge < -0.3 is 10.6 Å². The predicted molar refractivity (Wildman–Crippen MR) is 81.3 cm³/mol. The molecule has 0 heterocycles.